The number of nitrogens with one attached hydrogen (secondary N) is 2. The first-order valence-corrected chi connectivity index (χ1v) is 12.7. The number of sulfonamides is 2. The molecule has 0 fully saturated rings. The maximum absolute atomic E-state index is 12.3. The topological polar surface area (TPSA) is 162 Å². The van der Waals surface area contributed by atoms with Gasteiger partial charge in [-0.05, 0) is 24.3 Å². The predicted octanol–water partition coefficient (Wildman–Crippen LogP) is 2.41. The van der Waals surface area contributed by atoms with Gasteiger partial charge in [-0.25, -0.2) is 22.0 Å². The molecule has 0 spiro atoms. The van der Waals surface area contributed by atoms with Gasteiger partial charge in [0.25, 0.3) is 5.91 Å². The summed E-state index contributed by atoms with van der Waals surface area (Å²) in [6.07, 6.45) is 0. The minimum atomic E-state index is -4.24. The van der Waals surface area contributed by atoms with E-state index in [1.165, 1.54) is 18.2 Å². The first-order chi connectivity index (χ1) is 14.7. The van der Waals surface area contributed by atoms with Crippen molar-refractivity contribution in [2.75, 3.05) is 18.5 Å². The fraction of sp³-hybridized carbons (Fsp3) is 0.125. The summed E-state index contributed by atoms with van der Waals surface area (Å²) >= 11 is 23.5. The largest absolute Gasteiger partial charge is 0.455 e. The third-order valence-electron chi connectivity index (χ3n) is 3.57. The van der Waals surface area contributed by atoms with Crippen LogP contribution in [0.5, 0.6) is 0 Å². The zero-order valence-electron chi connectivity index (χ0n) is 15.6. The molecule has 2 aromatic rings. The quantitative estimate of drug-likeness (QED) is 0.414. The zero-order valence-corrected chi connectivity index (χ0v) is 20.2. The Hall–Kier alpha value is -1.64. The summed E-state index contributed by atoms with van der Waals surface area (Å²) < 4.78 is 53.9. The van der Waals surface area contributed by atoms with Gasteiger partial charge in [0, 0.05) is 0 Å². The van der Waals surface area contributed by atoms with Crippen LogP contribution >= 0.6 is 46.4 Å². The minimum absolute atomic E-state index is 0.143. The summed E-state index contributed by atoms with van der Waals surface area (Å²) in [5.74, 6) is -1.98. The van der Waals surface area contributed by atoms with Crippen LogP contribution in [-0.4, -0.2) is 41.9 Å². The molecule has 0 aliphatic rings. The van der Waals surface area contributed by atoms with Crippen LogP contribution in [0, 0.1) is 0 Å². The molecular formula is C16H13Cl4N3O7S2. The highest BCUT2D eigenvalue weighted by atomic mass is 35.5. The second-order valence-corrected chi connectivity index (χ2v) is 10.8. The maximum atomic E-state index is 12.3. The molecule has 0 aliphatic heterocycles. The van der Waals surface area contributed by atoms with Crippen LogP contribution < -0.4 is 15.2 Å². The molecule has 0 bridgehead atoms. The number of nitrogens with two attached hydrogens (primary N) is 1. The fourth-order valence-corrected chi connectivity index (χ4v) is 5.56. The number of hydrogen-bond donors (Lipinski definition) is 3. The number of ether oxygens (including phenoxy) is 1. The standard InChI is InChI=1S/C16H13Cl4N3O7S2/c17-9-2-1-3-10(18)16(9)32(28,29)22-6-14(25)30-7-13(24)23-15-11(19)4-8(5-12(15)20)31(21,26)27/h1-5,22H,6-7H2,(H,23,24)(H2,21,26,27). The number of carbonyl (C=O) groups is 2. The van der Waals surface area contributed by atoms with E-state index in [0.29, 0.717) is 0 Å². The number of rotatable bonds is 8. The number of halogens is 4. The second kappa shape index (κ2) is 10.5. The van der Waals surface area contributed by atoms with Crippen molar-refractivity contribution in [1.82, 2.24) is 4.72 Å². The Balaban J connectivity index is 1.96. The molecule has 1 amide bonds. The fourth-order valence-electron chi connectivity index (χ4n) is 2.17. The molecule has 0 atom stereocenters. The highest BCUT2D eigenvalue weighted by Crippen LogP contribution is 2.33. The highest BCUT2D eigenvalue weighted by Gasteiger charge is 2.23. The van der Waals surface area contributed by atoms with Crippen LogP contribution in [-0.2, 0) is 34.4 Å². The third-order valence-corrected chi connectivity index (χ3v) is 7.41. The number of carbonyl (C=O) groups excluding carboxylic acids is 2. The summed E-state index contributed by atoms with van der Waals surface area (Å²) in [7, 11) is -8.32. The average molecular weight is 565 g/mol. The minimum Gasteiger partial charge on any atom is -0.455 e. The van der Waals surface area contributed by atoms with Gasteiger partial charge in [-0.15, -0.1) is 0 Å². The molecule has 16 heteroatoms. The van der Waals surface area contributed by atoms with E-state index in [-0.39, 0.29) is 30.7 Å². The van der Waals surface area contributed by atoms with Gasteiger partial charge in [-0.2, -0.15) is 4.72 Å². The summed E-state index contributed by atoms with van der Waals surface area (Å²) in [6, 6.07) is 5.99. The Kier molecular flexibility index (Phi) is 8.76. The van der Waals surface area contributed by atoms with E-state index in [1.807, 2.05) is 4.72 Å². The van der Waals surface area contributed by atoms with Crippen LogP contribution in [0.1, 0.15) is 0 Å². The lowest BCUT2D eigenvalue weighted by Gasteiger charge is -2.12. The Morgan fingerprint density at radius 1 is 0.938 bits per heavy atom. The van der Waals surface area contributed by atoms with Gasteiger partial charge in [0.05, 0.1) is 30.7 Å². The number of esters is 1. The number of benzene rings is 2. The molecule has 0 aliphatic carbocycles. The molecule has 0 aromatic heterocycles. The molecule has 174 valence electrons. The molecule has 10 nitrogen and oxygen atoms in total. The van der Waals surface area contributed by atoms with Gasteiger partial charge in [-0.1, -0.05) is 52.5 Å². The molecule has 32 heavy (non-hydrogen) atoms. The molecule has 2 aromatic carbocycles. The Morgan fingerprint density at radius 2 is 1.47 bits per heavy atom. The van der Waals surface area contributed by atoms with Crippen LogP contribution in [0.4, 0.5) is 5.69 Å². The smallest absolute Gasteiger partial charge is 0.321 e. The normalized spacial score (nSPS) is 11.8. The molecule has 2 rings (SSSR count). The van der Waals surface area contributed by atoms with Gasteiger partial charge >= 0.3 is 5.97 Å². The first-order valence-electron chi connectivity index (χ1n) is 8.13. The van der Waals surface area contributed by atoms with E-state index in [0.717, 1.165) is 12.1 Å². The van der Waals surface area contributed by atoms with E-state index in [2.05, 4.69) is 10.1 Å². The number of primary sulfonamides is 1. The van der Waals surface area contributed by atoms with Crippen molar-refractivity contribution in [3.05, 3.63) is 50.4 Å². The highest BCUT2D eigenvalue weighted by molar-refractivity contribution is 7.89. The van der Waals surface area contributed by atoms with E-state index in [4.69, 9.17) is 51.5 Å². The second-order valence-electron chi connectivity index (χ2n) is 5.89. The van der Waals surface area contributed by atoms with Gasteiger partial charge in [0.2, 0.25) is 20.0 Å². The summed E-state index contributed by atoms with van der Waals surface area (Å²) in [5.41, 5.74) is -0.143. The molecular weight excluding hydrogens is 552 g/mol. The molecule has 0 radical (unpaired) electrons. The maximum Gasteiger partial charge on any atom is 0.321 e. The third kappa shape index (κ3) is 6.93. The molecule has 0 saturated carbocycles. The Bertz CT molecular complexity index is 1240. The van der Waals surface area contributed by atoms with E-state index in [9.17, 15) is 26.4 Å². The SMILES string of the molecule is NS(=O)(=O)c1cc(Cl)c(NC(=O)COC(=O)CNS(=O)(=O)c2c(Cl)cccc2Cl)c(Cl)c1. The summed E-state index contributed by atoms with van der Waals surface area (Å²) in [5, 5.41) is 6.46. The Morgan fingerprint density at radius 3 is 1.97 bits per heavy atom. The van der Waals surface area contributed by atoms with Crippen molar-refractivity contribution >= 4 is 84.0 Å². The molecule has 4 N–H and O–H groups in total. The van der Waals surface area contributed by atoms with Gasteiger partial charge in [0.1, 0.15) is 11.4 Å². The number of anilines is 1. The van der Waals surface area contributed by atoms with Crippen molar-refractivity contribution in [1.29, 1.82) is 0 Å². The van der Waals surface area contributed by atoms with Gasteiger partial charge in [0.15, 0.2) is 6.61 Å². The van der Waals surface area contributed by atoms with E-state index >= 15 is 0 Å². The van der Waals surface area contributed by atoms with Crippen LogP contribution in [0.15, 0.2) is 40.1 Å². The van der Waals surface area contributed by atoms with Crippen LogP contribution in [0.25, 0.3) is 0 Å². The van der Waals surface area contributed by atoms with Crippen molar-refractivity contribution in [3.63, 3.8) is 0 Å². The lowest BCUT2D eigenvalue weighted by atomic mass is 10.3. The van der Waals surface area contributed by atoms with Crippen LogP contribution in [0.2, 0.25) is 20.1 Å². The molecule has 0 saturated heterocycles. The van der Waals surface area contributed by atoms with Crippen molar-refractivity contribution in [2.24, 2.45) is 5.14 Å². The number of hydrogen-bond acceptors (Lipinski definition) is 7. The predicted molar refractivity (Wildman–Crippen MR) is 119 cm³/mol. The first kappa shape index (κ1) is 26.6. The van der Waals surface area contributed by atoms with Gasteiger partial charge in [-0.3, -0.25) is 9.59 Å². The lowest BCUT2D eigenvalue weighted by Crippen LogP contribution is -2.32. The summed E-state index contributed by atoms with van der Waals surface area (Å²) in [4.78, 5) is 23.0. The van der Waals surface area contributed by atoms with E-state index in [1.54, 1.807) is 0 Å². The average Bonchev–Trinajstić information content (AvgIpc) is 2.66. The molecule has 0 unspecified atom stereocenters. The van der Waals surface area contributed by atoms with Crippen LogP contribution in [0.3, 0.4) is 0 Å². The lowest BCUT2D eigenvalue weighted by molar-refractivity contribution is -0.146. The monoisotopic (exact) mass is 563 g/mol. The van der Waals surface area contributed by atoms with E-state index < -0.39 is 50.0 Å². The summed E-state index contributed by atoms with van der Waals surface area (Å²) in [6.45, 7) is -1.64. The van der Waals surface area contributed by atoms with Crippen molar-refractivity contribution in [2.45, 2.75) is 9.79 Å². The zero-order chi connectivity index (χ0) is 24.3. The number of amides is 1. The van der Waals surface area contributed by atoms with Crippen molar-refractivity contribution in [3.8, 4) is 0 Å². The van der Waals surface area contributed by atoms with Gasteiger partial charge < -0.3 is 10.1 Å². The Labute approximate surface area is 203 Å². The van der Waals surface area contributed by atoms with Crippen molar-refractivity contribution < 1.29 is 31.2 Å². The molecule has 0 heterocycles.